The van der Waals surface area contributed by atoms with Crippen molar-refractivity contribution in [2.45, 2.75) is 31.7 Å². The molecule has 7 nitrogen and oxygen atoms in total. The SMILES string of the molecule is Nc1nc(N(CCO)C2CCCC2)c2[nH]cnc2n1. The zero-order valence-electron chi connectivity index (χ0n) is 10.7. The lowest BCUT2D eigenvalue weighted by molar-refractivity contribution is 0.297. The van der Waals surface area contributed by atoms with Gasteiger partial charge in [0.1, 0.15) is 5.52 Å². The van der Waals surface area contributed by atoms with Crippen molar-refractivity contribution in [1.82, 2.24) is 19.9 Å². The van der Waals surface area contributed by atoms with Crippen molar-refractivity contribution in [1.29, 1.82) is 0 Å². The van der Waals surface area contributed by atoms with Gasteiger partial charge in [-0.15, -0.1) is 0 Å². The van der Waals surface area contributed by atoms with Gasteiger partial charge in [0, 0.05) is 12.6 Å². The molecule has 102 valence electrons. The van der Waals surface area contributed by atoms with E-state index < -0.39 is 0 Å². The van der Waals surface area contributed by atoms with E-state index in [1.54, 1.807) is 6.33 Å². The summed E-state index contributed by atoms with van der Waals surface area (Å²) in [5.74, 6) is 0.969. The Morgan fingerprint density at radius 1 is 1.37 bits per heavy atom. The first-order valence-electron chi connectivity index (χ1n) is 6.63. The molecule has 3 rings (SSSR count). The maximum absolute atomic E-state index is 9.31. The summed E-state index contributed by atoms with van der Waals surface area (Å²) in [5.41, 5.74) is 7.11. The third-order valence-corrected chi connectivity index (χ3v) is 3.66. The number of H-pyrrole nitrogens is 1. The zero-order chi connectivity index (χ0) is 13.2. The fourth-order valence-electron chi connectivity index (χ4n) is 2.83. The molecule has 0 radical (unpaired) electrons. The summed E-state index contributed by atoms with van der Waals surface area (Å²) in [5, 5.41) is 9.31. The number of fused-ring (bicyclic) bond motifs is 1. The number of imidazole rings is 1. The van der Waals surface area contributed by atoms with Crippen LogP contribution in [-0.4, -0.2) is 44.2 Å². The maximum Gasteiger partial charge on any atom is 0.224 e. The van der Waals surface area contributed by atoms with Crippen molar-refractivity contribution in [3.05, 3.63) is 6.33 Å². The van der Waals surface area contributed by atoms with Gasteiger partial charge in [0.05, 0.1) is 12.9 Å². The fraction of sp³-hybridized carbons (Fsp3) is 0.583. The molecule has 1 aliphatic rings. The van der Waals surface area contributed by atoms with E-state index in [1.165, 1.54) is 12.8 Å². The maximum atomic E-state index is 9.31. The predicted octanol–water partition coefficient (Wildman–Crippen LogP) is 0.676. The Balaban J connectivity index is 2.05. The predicted molar refractivity (Wildman–Crippen MR) is 72.8 cm³/mol. The summed E-state index contributed by atoms with van der Waals surface area (Å²) in [6, 6.07) is 0.410. The normalized spacial score (nSPS) is 16.3. The minimum absolute atomic E-state index is 0.0933. The second-order valence-corrected chi connectivity index (χ2v) is 4.86. The molecule has 2 heterocycles. The first-order chi connectivity index (χ1) is 9.29. The van der Waals surface area contributed by atoms with Crippen molar-refractivity contribution in [2.75, 3.05) is 23.8 Å². The highest BCUT2D eigenvalue weighted by molar-refractivity contribution is 5.84. The largest absolute Gasteiger partial charge is 0.395 e. The Hall–Kier alpha value is -1.89. The van der Waals surface area contributed by atoms with Crippen molar-refractivity contribution < 1.29 is 5.11 Å². The van der Waals surface area contributed by atoms with Gasteiger partial charge in [0.15, 0.2) is 11.5 Å². The molecule has 4 N–H and O–H groups in total. The molecule has 0 aromatic carbocycles. The van der Waals surface area contributed by atoms with E-state index in [4.69, 9.17) is 5.73 Å². The van der Waals surface area contributed by atoms with Crippen LogP contribution in [0.15, 0.2) is 6.33 Å². The minimum atomic E-state index is 0.0933. The number of aromatic nitrogens is 4. The molecule has 1 aliphatic carbocycles. The van der Waals surface area contributed by atoms with Gasteiger partial charge in [0.25, 0.3) is 0 Å². The summed E-state index contributed by atoms with van der Waals surface area (Å²) < 4.78 is 0. The molecular weight excluding hydrogens is 244 g/mol. The summed E-state index contributed by atoms with van der Waals surface area (Å²) in [4.78, 5) is 17.8. The Morgan fingerprint density at radius 2 is 2.16 bits per heavy atom. The second kappa shape index (κ2) is 5.00. The Morgan fingerprint density at radius 3 is 2.89 bits per heavy atom. The summed E-state index contributed by atoms with van der Waals surface area (Å²) in [6.45, 7) is 0.644. The molecule has 0 bridgehead atoms. The molecule has 1 saturated carbocycles. The molecule has 19 heavy (non-hydrogen) atoms. The van der Waals surface area contributed by atoms with Crippen LogP contribution in [0.5, 0.6) is 0 Å². The molecule has 2 aromatic rings. The van der Waals surface area contributed by atoms with E-state index in [0.717, 1.165) is 24.2 Å². The van der Waals surface area contributed by atoms with Crippen LogP contribution in [0.1, 0.15) is 25.7 Å². The molecule has 0 unspecified atom stereocenters. The van der Waals surface area contributed by atoms with E-state index >= 15 is 0 Å². The quantitative estimate of drug-likeness (QED) is 0.748. The van der Waals surface area contributed by atoms with Gasteiger partial charge in [-0.2, -0.15) is 9.97 Å². The number of rotatable bonds is 4. The monoisotopic (exact) mass is 262 g/mol. The molecule has 0 atom stereocenters. The highest BCUT2D eigenvalue weighted by atomic mass is 16.3. The number of aromatic amines is 1. The fourth-order valence-corrected chi connectivity index (χ4v) is 2.83. The van der Waals surface area contributed by atoms with E-state index in [2.05, 4.69) is 24.8 Å². The first-order valence-corrected chi connectivity index (χ1v) is 6.63. The van der Waals surface area contributed by atoms with Crippen molar-refractivity contribution >= 4 is 22.9 Å². The summed E-state index contributed by atoms with van der Waals surface area (Å²) in [7, 11) is 0. The van der Waals surface area contributed by atoms with Crippen LogP contribution in [0, 0.1) is 0 Å². The average Bonchev–Trinajstić information content (AvgIpc) is 3.05. The van der Waals surface area contributed by atoms with E-state index in [-0.39, 0.29) is 12.6 Å². The third kappa shape index (κ3) is 2.21. The number of nitrogen functional groups attached to an aromatic ring is 1. The van der Waals surface area contributed by atoms with Gasteiger partial charge in [-0.25, -0.2) is 4.98 Å². The standard InChI is InChI=1S/C12H18N6O/c13-12-16-10-9(14-7-15-10)11(17-12)18(5-6-19)8-3-1-2-4-8/h7-8,19H,1-6H2,(H3,13,14,15,16,17). The highest BCUT2D eigenvalue weighted by Gasteiger charge is 2.26. The molecule has 0 amide bonds. The number of hydrogen-bond donors (Lipinski definition) is 3. The lowest BCUT2D eigenvalue weighted by Crippen LogP contribution is -2.36. The Bertz CT molecular complexity index is 562. The molecule has 0 spiro atoms. The number of anilines is 2. The average molecular weight is 262 g/mol. The minimum Gasteiger partial charge on any atom is -0.395 e. The van der Waals surface area contributed by atoms with E-state index in [0.29, 0.717) is 18.2 Å². The summed E-state index contributed by atoms with van der Waals surface area (Å²) in [6.07, 6.45) is 6.28. The van der Waals surface area contributed by atoms with Gasteiger partial charge >= 0.3 is 0 Å². The van der Waals surface area contributed by atoms with Crippen LogP contribution < -0.4 is 10.6 Å². The first kappa shape index (κ1) is 12.2. The van der Waals surface area contributed by atoms with Crippen LogP contribution in [-0.2, 0) is 0 Å². The van der Waals surface area contributed by atoms with Crippen LogP contribution in [0.4, 0.5) is 11.8 Å². The Labute approximate surface area is 110 Å². The zero-order valence-corrected chi connectivity index (χ0v) is 10.7. The lowest BCUT2D eigenvalue weighted by atomic mass is 10.2. The van der Waals surface area contributed by atoms with Gasteiger partial charge in [-0.3, -0.25) is 0 Å². The number of aliphatic hydroxyl groups is 1. The van der Waals surface area contributed by atoms with Crippen LogP contribution in [0.3, 0.4) is 0 Å². The number of nitrogens with two attached hydrogens (primary N) is 1. The molecule has 2 aromatic heterocycles. The molecule has 1 fully saturated rings. The number of nitrogens with one attached hydrogen (secondary N) is 1. The molecule has 7 heteroatoms. The van der Waals surface area contributed by atoms with Gasteiger partial charge in [-0.1, -0.05) is 12.8 Å². The number of hydrogen-bond acceptors (Lipinski definition) is 6. The molecule has 0 aliphatic heterocycles. The van der Waals surface area contributed by atoms with Crippen molar-refractivity contribution in [3.63, 3.8) is 0 Å². The third-order valence-electron chi connectivity index (χ3n) is 3.66. The van der Waals surface area contributed by atoms with E-state index in [1.807, 2.05) is 0 Å². The van der Waals surface area contributed by atoms with Crippen LogP contribution >= 0.6 is 0 Å². The van der Waals surface area contributed by atoms with Gasteiger partial charge < -0.3 is 20.7 Å². The van der Waals surface area contributed by atoms with Crippen LogP contribution in [0.25, 0.3) is 11.2 Å². The van der Waals surface area contributed by atoms with E-state index in [9.17, 15) is 5.11 Å². The molecular formula is C12H18N6O. The second-order valence-electron chi connectivity index (χ2n) is 4.86. The molecule has 0 saturated heterocycles. The smallest absolute Gasteiger partial charge is 0.224 e. The van der Waals surface area contributed by atoms with Crippen LogP contribution in [0.2, 0.25) is 0 Å². The lowest BCUT2D eigenvalue weighted by Gasteiger charge is -2.29. The Kier molecular flexibility index (Phi) is 3.20. The van der Waals surface area contributed by atoms with Crippen molar-refractivity contribution in [2.24, 2.45) is 0 Å². The number of nitrogens with zero attached hydrogens (tertiary/aromatic N) is 4. The summed E-state index contributed by atoms with van der Waals surface area (Å²) >= 11 is 0. The van der Waals surface area contributed by atoms with Crippen molar-refractivity contribution in [3.8, 4) is 0 Å². The van der Waals surface area contributed by atoms with Gasteiger partial charge in [0.2, 0.25) is 5.95 Å². The van der Waals surface area contributed by atoms with Gasteiger partial charge in [-0.05, 0) is 12.8 Å². The highest BCUT2D eigenvalue weighted by Crippen LogP contribution is 2.30. The number of aliphatic hydroxyl groups excluding tert-OH is 1. The topological polar surface area (TPSA) is 104 Å².